The van der Waals surface area contributed by atoms with Gasteiger partial charge < -0.3 is 122 Å². The van der Waals surface area contributed by atoms with Gasteiger partial charge in [-0.2, -0.15) is 0 Å². The first-order valence-corrected chi connectivity index (χ1v) is 30.9. The van der Waals surface area contributed by atoms with E-state index in [1.54, 1.807) is 0 Å². The summed E-state index contributed by atoms with van der Waals surface area (Å²) >= 11 is 0. The second kappa shape index (κ2) is 54.2. The number of rotatable bonds is 8. The van der Waals surface area contributed by atoms with E-state index < -0.39 is 0 Å². The van der Waals surface area contributed by atoms with Crippen LogP contribution in [-0.4, -0.2) is 125 Å². The Balaban J connectivity index is 0.000000626. The Kier molecular flexibility index (Phi) is 46.9. The first-order valence-electron chi connectivity index (χ1n) is 30.9. The molecule has 568 valence electrons. The van der Waals surface area contributed by atoms with Gasteiger partial charge in [0, 0.05) is 22.8 Å². The summed E-state index contributed by atoms with van der Waals surface area (Å²) in [5, 5.41) is 60.7. The summed E-state index contributed by atoms with van der Waals surface area (Å²) in [6, 6.07) is 86.2. The van der Waals surface area contributed by atoms with Crippen molar-refractivity contribution in [2.45, 2.75) is 0 Å². The summed E-state index contributed by atoms with van der Waals surface area (Å²) in [6.07, 6.45) is 0. The number of hydrogen-bond donors (Lipinski definition) is 4. The second-order valence-electron chi connectivity index (χ2n) is 19.9. The van der Waals surface area contributed by atoms with Gasteiger partial charge in [-0.05, 0) is 44.5 Å². The second-order valence-corrected chi connectivity index (χ2v) is 19.9. The molecule has 0 saturated carbocycles. The largest absolute Gasteiger partial charge is 2.00 e. The molecule has 12 rings (SSSR count). The number of aliphatic imine (C=N–C) groups is 4. The Morgan fingerprint density at radius 2 is 0.380 bits per heavy atom. The maximum Gasteiger partial charge on any atom is 2.00 e. The molecule has 0 aliphatic rings. The molecule has 12 aromatic rings. The van der Waals surface area contributed by atoms with Crippen molar-refractivity contribution in [2.75, 3.05) is 56.9 Å². The van der Waals surface area contributed by atoms with Gasteiger partial charge in [0.15, 0.2) is 0 Å². The van der Waals surface area contributed by atoms with Crippen LogP contribution < -0.4 is 20.4 Å². The summed E-state index contributed by atoms with van der Waals surface area (Å²) in [6.45, 7) is 0. The zero-order chi connectivity index (χ0) is 75.1. The van der Waals surface area contributed by atoms with Crippen LogP contribution in [0.1, 0.15) is 0 Å². The average molecular weight is 1630 g/mol. The predicted molar refractivity (Wildman–Crippen MR) is 408 cm³/mol. The molecular weight excluding hydrogens is 1560 g/mol. The standard InChI is InChI=1S/4C15H11N2.4C4H8N3O2.4Ni/c4*1-3-7-12(8-4-1)14-11-15(17-16-14)13-9-5-2-6-10-13;4*1-8-3(5)7-4(6)9-2;;;;/h4*1-11H;4*1-2H3,(H2-,5,6,7);;;;/q8*-1;4*+2. The molecule has 0 bridgehead atoms. The maximum absolute atomic E-state index is 6.76. The van der Waals surface area contributed by atoms with Crippen LogP contribution in [0.5, 0.6) is 0 Å². The predicted octanol–water partition coefficient (Wildman–Crippen LogP) is 16.0. The molecule has 0 unspecified atom stereocenters. The maximum atomic E-state index is 6.76. The van der Waals surface area contributed by atoms with Gasteiger partial charge in [0.2, 0.25) is 24.1 Å². The van der Waals surface area contributed by atoms with Crippen LogP contribution in [0.25, 0.3) is 113 Å². The monoisotopic (exact) mass is 1630 g/mol. The SMILES string of the molecule is COC(=N)/N=C(\[NH-])OC.COC(=N)/N=C(\[NH-])OC.COC(=N)/N=C(\[NH-])OC.COC(=N)/N=C(\[NH-])OC.[Ni+2].[Ni+2].[Ni+2].[Ni+2].c1ccc(-c2cc(-c3ccccc3)[n-]n2)cc1.c1ccc(-c2cc(-c3ccccc3)[n-]n2)cc1.c1ccc(-c2cc(-c3ccccc3)[n-]n2)cc1.c1ccc(-c2cc(-c3ccccc3)[n-]n2)cc1. The Bertz CT molecular complexity index is 3770. The van der Waals surface area contributed by atoms with Gasteiger partial charge in [-0.15, -0.1) is 22.8 Å². The van der Waals surface area contributed by atoms with Crippen molar-refractivity contribution < 1.29 is 104 Å². The molecule has 0 spiro atoms. The van der Waals surface area contributed by atoms with Gasteiger partial charge >= 0.3 is 66.0 Å². The van der Waals surface area contributed by atoms with E-state index in [1.165, 1.54) is 56.9 Å². The zero-order valence-corrected chi connectivity index (χ0v) is 63.3. The molecule has 0 atom stereocenters. The van der Waals surface area contributed by atoms with Crippen LogP contribution in [0.15, 0.2) is 287 Å². The molecular formula is C76H76N20Ni4O8. The Morgan fingerprint density at radius 3 is 0.509 bits per heavy atom. The van der Waals surface area contributed by atoms with Crippen LogP contribution in [0.2, 0.25) is 0 Å². The zero-order valence-electron chi connectivity index (χ0n) is 59.3. The van der Waals surface area contributed by atoms with Gasteiger partial charge in [0.25, 0.3) is 0 Å². The van der Waals surface area contributed by atoms with Gasteiger partial charge in [-0.1, -0.05) is 267 Å². The first-order chi connectivity index (χ1) is 50.5. The molecule has 108 heavy (non-hydrogen) atoms. The van der Waals surface area contributed by atoms with Crippen LogP contribution >= 0.6 is 0 Å². The van der Waals surface area contributed by atoms with Crippen molar-refractivity contribution in [1.82, 2.24) is 40.8 Å². The minimum Gasteiger partial charge on any atom is -0.574 e. The molecule has 8 N–H and O–H groups in total. The van der Waals surface area contributed by atoms with Crippen molar-refractivity contribution in [2.24, 2.45) is 20.0 Å². The molecule has 0 saturated heterocycles. The summed E-state index contributed by atoms with van der Waals surface area (Å²) in [5.41, 5.74) is 43.2. The van der Waals surface area contributed by atoms with Crippen molar-refractivity contribution in [3.05, 3.63) is 290 Å². The number of nitrogens with one attached hydrogen (secondary N) is 8. The van der Waals surface area contributed by atoms with Gasteiger partial charge in [-0.25, -0.2) is 0 Å². The van der Waals surface area contributed by atoms with Crippen molar-refractivity contribution in [3.63, 3.8) is 0 Å². The fraction of sp³-hybridized carbons (Fsp3) is 0.105. The van der Waals surface area contributed by atoms with Crippen LogP contribution in [0, 0.1) is 21.6 Å². The minimum atomic E-state index is -0.332. The molecule has 8 aromatic carbocycles. The van der Waals surface area contributed by atoms with E-state index in [0.29, 0.717) is 0 Å². The van der Waals surface area contributed by atoms with E-state index in [0.717, 1.165) is 90.1 Å². The molecule has 0 amide bonds. The third-order valence-electron chi connectivity index (χ3n) is 13.1. The van der Waals surface area contributed by atoms with Crippen molar-refractivity contribution in [1.29, 1.82) is 21.6 Å². The summed E-state index contributed by atoms with van der Waals surface area (Å²) in [7, 11) is 10.4. The van der Waals surface area contributed by atoms with E-state index in [2.05, 4.69) is 98.7 Å². The molecule has 4 aromatic heterocycles. The third-order valence-corrected chi connectivity index (χ3v) is 13.1. The van der Waals surface area contributed by atoms with E-state index in [4.69, 9.17) is 44.6 Å². The third kappa shape index (κ3) is 34.9. The van der Waals surface area contributed by atoms with Gasteiger partial charge in [0.05, 0.1) is 81.0 Å². The molecule has 0 fully saturated rings. The van der Waals surface area contributed by atoms with Crippen molar-refractivity contribution >= 4 is 48.2 Å². The summed E-state index contributed by atoms with van der Waals surface area (Å²) in [4.78, 5) is 12.9. The van der Waals surface area contributed by atoms with Gasteiger partial charge in [0.1, 0.15) is 0 Å². The quantitative estimate of drug-likeness (QED) is 0.0623. The molecule has 32 heteroatoms. The molecule has 4 heterocycles. The number of nitrogens with zero attached hydrogens (tertiary/aromatic N) is 12. The van der Waals surface area contributed by atoms with E-state index in [9.17, 15) is 0 Å². The van der Waals surface area contributed by atoms with Gasteiger partial charge in [-0.3, -0.25) is 21.6 Å². The number of benzene rings is 8. The van der Waals surface area contributed by atoms with Crippen LogP contribution in [0.4, 0.5) is 0 Å². The first kappa shape index (κ1) is 93.5. The number of methoxy groups -OCH3 is 8. The number of aromatic nitrogens is 8. The topological polar surface area (TPSA) is 422 Å². The fourth-order valence-electron chi connectivity index (χ4n) is 7.91. The number of hydrogen-bond acceptors (Lipinski definition) is 16. The number of amidine groups is 8. The smallest absolute Gasteiger partial charge is 0.574 e. The van der Waals surface area contributed by atoms with Crippen LogP contribution in [-0.2, 0) is 104 Å². The molecule has 28 nitrogen and oxygen atoms in total. The van der Waals surface area contributed by atoms with E-state index in [1.807, 2.05) is 267 Å². The normalized spacial score (nSPS) is 10.1. The summed E-state index contributed by atoms with van der Waals surface area (Å²) < 4.78 is 34.5. The van der Waals surface area contributed by atoms with Crippen molar-refractivity contribution in [3.8, 4) is 90.1 Å². The van der Waals surface area contributed by atoms with E-state index in [-0.39, 0.29) is 114 Å². The van der Waals surface area contributed by atoms with E-state index >= 15 is 0 Å². The Morgan fingerprint density at radius 1 is 0.241 bits per heavy atom. The molecule has 0 radical (unpaired) electrons. The Hall–Kier alpha value is -12.5. The van der Waals surface area contributed by atoms with Crippen LogP contribution in [0.3, 0.4) is 0 Å². The minimum absolute atomic E-state index is 0. The summed E-state index contributed by atoms with van der Waals surface area (Å²) in [5.74, 6) is 0. The average Bonchev–Trinajstić information content (AvgIpc) is 1.73. The molecule has 0 aliphatic heterocycles. The molecule has 0 aliphatic carbocycles. The Labute approximate surface area is 666 Å². The number of ether oxygens (including phenoxy) is 8. The fourth-order valence-corrected chi connectivity index (χ4v) is 7.91.